The van der Waals surface area contributed by atoms with Gasteiger partial charge >= 0.3 is 0 Å². The first-order valence-corrected chi connectivity index (χ1v) is 13.6. The fourth-order valence-corrected chi connectivity index (χ4v) is 5.01. The van der Waals surface area contributed by atoms with Crippen LogP contribution in [0.25, 0.3) is 10.9 Å². The summed E-state index contributed by atoms with van der Waals surface area (Å²) in [6.45, 7) is 6.72. The quantitative estimate of drug-likeness (QED) is 0.238. The average Bonchev–Trinajstić information content (AvgIpc) is 3.64. The third kappa shape index (κ3) is 5.30. The van der Waals surface area contributed by atoms with E-state index >= 15 is 0 Å². The van der Waals surface area contributed by atoms with E-state index in [1.54, 1.807) is 30.3 Å². The smallest absolute Gasteiger partial charge is 0.263 e. The van der Waals surface area contributed by atoms with E-state index in [0.29, 0.717) is 45.5 Å². The third-order valence-corrected chi connectivity index (χ3v) is 7.63. The zero-order valence-electron chi connectivity index (χ0n) is 23.1. The van der Waals surface area contributed by atoms with E-state index in [2.05, 4.69) is 64.9 Å². The third-order valence-electron chi connectivity index (χ3n) is 7.21. The molecule has 0 radical (unpaired) electrons. The average molecular weight is 586 g/mol. The fraction of sp³-hybridized carbons (Fsp3) is 0.333. The summed E-state index contributed by atoms with van der Waals surface area (Å²) in [4.78, 5) is 4.55. The predicted molar refractivity (Wildman–Crippen MR) is 154 cm³/mol. The Kier molecular flexibility index (Phi) is 7.45. The number of rotatable bonds is 8. The summed E-state index contributed by atoms with van der Waals surface area (Å²) in [5.41, 5.74) is 1.50. The summed E-state index contributed by atoms with van der Waals surface area (Å²) in [6.07, 6.45) is 0.859. The van der Waals surface area contributed by atoms with E-state index in [0.717, 1.165) is 0 Å². The summed E-state index contributed by atoms with van der Waals surface area (Å²) >= 11 is 6.65. The summed E-state index contributed by atoms with van der Waals surface area (Å²) in [5.74, 6) is 0. The number of hydrogen-bond acceptors (Lipinski definition) is 8. The molecule has 1 saturated carbocycles. The largest absolute Gasteiger partial charge is 0.383 e. The highest BCUT2D eigenvalue weighted by Gasteiger charge is 2.54. The van der Waals surface area contributed by atoms with Crippen LogP contribution in [0.4, 0.5) is 20.2 Å². The topological polar surface area (TPSA) is 139 Å². The van der Waals surface area contributed by atoms with Crippen molar-refractivity contribution < 1.29 is 8.78 Å². The maximum atomic E-state index is 13.9. The van der Waals surface area contributed by atoms with Crippen LogP contribution in [0.3, 0.4) is 0 Å². The lowest BCUT2D eigenvalue weighted by Crippen LogP contribution is -2.26. The molecule has 5 rings (SSSR count). The summed E-state index contributed by atoms with van der Waals surface area (Å²) in [7, 11) is 0. The minimum atomic E-state index is -2.61. The number of hydrogen-bond donors (Lipinski definition) is 2. The van der Waals surface area contributed by atoms with Crippen molar-refractivity contribution in [3.8, 4) is 18.2 Å². The van der Waals surface area contributed by atoms with Gasteiger partial charge in [0.15, 0.2) is 0 Å². The summed E-state index contributed by atoms with van der Waals surface area (Å²) in [6, 6.07) is 13.7. The van der Waals surface area contributed by atoms with Crippen molar-refractivity contribution >= 4 is 33.9 Å². The normalized spacial score (nSPS) is 14.6. The van der Waals surface area contributed by atoms with E-state index in [9.17, 15) is 24.6 Å². The van der Waals surface area contributed by atoms with Crippen molar-refractivity contribution in [2.75, 3.05) is 17.2 Å². The van der Waals surface area contributed by atoms with Gasteiger partial charge in [-0.25, -0.2) is 13.5 Å². The first-order chi connectivity index (χ1) is 20.0. The van der Waals surface area contributed by atoms with Crippen molar-refractivity contribution in [3.05, 3.63) is 75.7 Å². The molecule has 1 aliphatic carbocycles. The molecule has 2 aromatic heterocycles. The van der Waals surface area contributed by atoms with Crippen LogP contribution in [0.1, 0.15) is 67.6 Å². The Morgan fingerprint density at radius 2 is 1.83 bits per heavy atom. The minimum Gasteiger partial charge on any atom is -0.383 e. The number of halogens is 3. The van der Waals surface area contributed by atoms with Gasteiger partial charge in [-0.3, -0.25) is 4.98 Å². The molecule has 9 nitrogen and oxygen atoms in total. The number of benzene rings is 2. The molecule has 4 aromatic rings. The molecule has 2 aromatic carbocycles. The second-order valence-corrected chi connectivity index (χ2v) is 11.9. The Balaban J connectivity index is 1.68. The number of nitrogens with one attached hydrogen (secondary N) is 2. The van der Waals surface area contributed by atoms with Crippen molar-refractivity contribution in [1.29, 1.82) is 15.8 Å². The molecule has 1 atom stereocenters. The minimum absolute atomic E-state index is 0.104. The highest BCUT2D eigenvalue weighted by Crippen LogP contribution is 2.48. The van der Waals surface area contributed by atoms with Crippen LogP contribution in [0.5, 0.6) is 0 Å². The molecule has 42 heavy (non-hydrogen) atoms. The number of anilines is 2. The fourth-order valence-electron chi connectivity index (χ4n) is 4.73. The van der Waals surface area contributed by atoms with Gasteiger partial charge in [0.2, 0.25) is 0 Å². The van der Waals surface area contributed by atoms with E-state index in [4.69, 9.17) is 11.6 Å². The zero-order chi connectivity index (χ0) is 30.2. The van der Waals surface area contributed by atoms with Crippen molar-refractivity contribution in [2.24, 2.45) is 5.41 Å². The number of fused-ring (bicyclic) bond motifs is 1. The maximum Gasteiger partial charge on any atom is 0.263 e. The van der Waals surface area contributed by atoms with Gasteiger partial charge in [0.1, 0.15) is 23.4 Å². The van der Waals surface area contributed by atoms with Crippen molar-refractivity contribution in [3.63, 3.8) is 0 Å². The molecule has 0 spiro atoms. The maximum absolute atomic E-state index is 13.9. The van der Waals surface area contributed by atoms with Crippen LogP contribution in [0.2, 0.25) is 5.02 Å². The molecule has 12 heteroatoms. The van der Waals surface area contributed by atoms with Crippen LogP contribution in [-0.2, 0) is 5.54 Å². The highest BCUT2D eigenvalue weighted by atomic mass is 35.5. The summed E-state index contributed by atoms with van der Waals surface area (Å²) < 4.78 is 28.9. The van der Waals surface area contributed by atoms with Gasteiger partial charge in [0, 0.05) is 23.7 Å². The first kappa shape index (κ1) is 28.7. The molecular formula is C30H26ClF2N9. The van der Waals surface area contributed by atoms with Crippen LogP contribution < -0.4 is 10.6 Å². The SMILES string of the molecule is CC(C)(C)CNc1c(C#N)cnc2c(N[C@H](c3cn(C4(C(F)F)CC4)nn3)c3cccc(C#N)c3Cl)cc(C#N)cc12. The Bertz CT molecular complexity index is 1800. The molecule has 1 aliphatic rings. The van der Waals surface area contributed by atoms with Crippen LogP contribution in [0.15, 0.2) is 42.7 Å². The Labute approximate surface area is 246 Å². The number of nitrogens with zero attached hydrogens (tertiary/aromatic N) is 7. The number of aromatic nitrogens is 4. The number of pyridine rings is 1. The Morgan fingerprint density at radius 1 is 1.10 bits per heavy atom. The first-order valence-electron chi connectivity index (χ1n) is 13.2. The molecule has 0 amide bonds. The summed E-state index contributed by atoms with van der Waals surface area (Å²) in [5, 5.41) is 45.0. The lowest BCUT2D eigenvalue weighted by Gasteiger charge is -2.23. The molecule has 0 aliphatic heterocycles. The lowest BCUT2D eigenvalue weighted by atomic mass is 9.96. The number of nitriles is 3. The predicted octanol–water partition coefficient (Wildman–Crippen LogP) is 6.51. The van der Waals surface area contributed by atoms with E-state index in [1.807, 2.05) is 0 Å². The molecule has 0 unspecified atom stereocenters. The van der Waals surface area contributed by atoms with E-state index < -0.39 is 18.0 Å². The van der Waals surface area contributed by atoms with Gasteiger partial charge in [-0.1, -0.05) is 49.7 Å². The van der Waals surface area contributed by atoms with Crippen LogP contribution >= 0.6 is 11.6 Å². The molecule has 1 fully saturated rings. The van der Waals surface area contributed by atoms with E-state index in [-0.39, 0.29) is 34.5 Å². The van der Waals surface area contributed by atoms with E-state index in [1.165, 1.54) is 17.1 Å². The Morgan fingerprint density at radius 3 is 2.45 bits per heavy atom. The zero-order valence-corrected chi connectivity index (χ0v) is 23.8. The number of alkyl halides is 2. The van der Waals surface area contributed by atoms with Crippen molar-refractivity contribution in [1.82, 2.24) is 20.0 Å². The molecule has 0 saturated heterocycles. The molecule has 212 valence electrons. The second kappa shape index (κ2) is 10.9. The molecule has 0 bridgehead atoms. The van der Waals surface area contributed by atoms with Crippen molar-refractivity contribution in [2.45, 2.75) is 51.6 Å². The highest BCUT2D eigenvalue weighted by molar-refractivity contribution is 6.32. The molecule has 2 N–H and O–H groups in total. The molecular weight excluding hydrogens is 560 g/mol. The van der Waals surface area contributed by atoms with Gasteiger partial charge in [-0.15, -0.1) is 5.10 Å². The van der Waals surface area contributed by atoms with Crippen LogP contribution in [-0.4, -0.2) is 32.9 Å². The second-order valence-electron chi connectivity index (χ2n) is 11.5. The Hall–Kier alpha value is -4.79. The monoisotopic (exact) mass is 585 g/mol. The lowest BCUT2D eigenvalue weighted by molar-refractivity contribution is 0.0593. The van der Waals surface area contributed by atoms with Crippen LogP contribution in [0, 0.1) is 39.4 Å². The van der Waals surface area contributed by atoms with Gasteiger partial charge in [0.25, 0.3) is 6.43 Å². The van der Waals surface area contributed by atoms with Gasteiger partial charge < -0.3 is 10.6 Å². The standard InChI is InChI=1S/C30H26ClF2N9/c1-29(2,3)16-38-25-19(13-36)14-37-26-21(25)9-17(11-34)10-22(26)39-27(20-6-4-5-18(12-35)24(20)31)23-15-42(41-40-23)30(7-8-30)28(32)33/h4-6,9-10,14-15,27-28,39H,7-8,16H2,1-3H3,(H,37,38)/t27-/m0/s1. The van der Waals surface area contributed by atoms with Gasteiger partial charge in [-0.2, -0.15) is 15.8 Å². The van der Waals surface area contributed by atoms with Gasteiger partial charge in [-0.05, 0) is 36.5 Å². The molecule has 2 heterocycles. The van der Waals surface area contributed by atoms with Gasteiger partial charge in [0.05, 0.1) is 56.9 Å².